The minimum Gasteiger partial charge on any atom is -0.312 e. The fraction of sp³-hybridized carbons (Fsp3) is 0.812. The lowest BCUT2D eigenvalue weighted by atomic mass is 10.1. The van der Waals surface area contributed by atoms with Gasteiger partial charge in [0, 0.05) is 25.7 Å². The summed E-state index contributed by atoms with van der Waals surface area (Å²) < 4.78 is 3.40. The number of halogens is 1. The van der Waals surface area contributed by atoms with E-state index in [1.807, 2.05) is 0 Å². The van der Waals surface area contributed by atoms with Crippen LogP contribution < -0.4 is 5.32 Å². The highest BCUT2D eigenvalue weighted by Crippen LogP contribution is 2.34. The SMILES string of the molecule is CCc1nn(CC)c(CN2CCCNC(C3CC3)C2)c1Br. The van der Waals surface area contributed by atoms with Gasteiger partial charge in [-0.2, -0.15) is 5.10 Å². The first-order valence-electron chi connectivity index (χ1n) is 8.42. The first-order chi connectivity index (χ1) is 10.2. The molecule has 0 amide bonds. The van der Waals surface area contributed by atoms with E-state index in [-0.39, 0.29) is 0 Å². The van der Waals surface area contributed by atoms with Crippen LogP contribution in [0, 0.1) is 5.92 Å². The topological polar surface area (TPSA) is 33.1 Å². The number of aryl methyl sites for hydroxylation is 2. The molecule has 2 heterocycles. The van der Waals surface area contributed by atoms with Gasteiger partial charge < -0.3 is 5.32 Å². The van der Waals surface area contributed by atoms with Crippen LogP contribution in [0.5, 0.6) is 0 Å². The third-order valence-corrected chi connectivity index (χ3v) is 5.69. The predicted molar refractivity (Wildman–Crippen MR) is 89.4 cm³/mol. The van der Waals surface area contributed by atoms with E-state index in [9.17, 15) is 0 Å². The Balaban J connectivity index is 1.73. The predicted octanol–water partition coefficient (Wildman–Crippen LogP) is 2.80. The van der Waals surface area contributed by atoms with Gasteiger partial charge in [-0.1, -0.05) is 6.92 Å². The molecule has 0 radical (unpaired) electrons. The van der Waals surface area contributed by atoms with Crippen LogP contribution >= 0.6 is 15.9 Å². The third kappa shape index (κ3) is 3.51. The zero-order valence-electron chi connectivity index (χ0n) is 13.2. The fourth-order valence-corrected chi connectivity index (χ4v) is 4.05. The summed E-state index contributed by atoms with van der Waals surface area (Å²) in [5.41, 5.74) is 2.55. The Morgan fingerprint density at radius 3 is 2.81 bits per heavy atom. The van der Waals surface area contributed by atoms with Crippen LogP contribution in [-0.4, -0.2) is 40.4 Å². The van der Waals surface area contributed by atoms with Crippen LogP contribution in [-0.2, 0) is 19.5 Å². The molecule has 1 aromatic heterocycles. The molecule has 1 saturated carbocycles. The quantitative estimate of drug-likeness (QED) is 0.882. The molecule has 21 heavy (non-hydrogen) atoms. The van der Waals surface area contributed by atoms with Gasteiger partial charge in [-0.15, -0.1) is 0 Å². The minimum absolute atomic E-state index is 0.704. The number of hydrogen-bond donors (Lipinski definition) is 1. The van der Waals surface area contributed by atoms with Gasteiger partial charge in [0.25, 0.3) is 0 Å². The molecule has 4 nitrogen and oxygen atoms in total. The Bertz CT molecular complexity index is 481. The molecule has 5 heteroatoms. The Hall–Kier alpha value is -0.390. The molecule has 1 atom stereocenters. The fourth-order valence-electron chi connectivity index (χ4n) is 3.36. The molecular weight excluding hydrogens is 328 g/mol. The molecule has 3 rings (SSSR count). The lowest BCUT2D eigenvalue weighted by Crippen LogP contribution is -2.39. The van der Waals surface area contributed by atoms with Crippen molar-refractivity contribution >= 4 is 15.9 Å². The Morgan fingerprint density at radius 2 is 2.14 bits per heavy atom. The van der Waals surface area contributed by atoms with Gasteiger partial charge in [0.05, 0.1) is 15.9 Å². The summed E-state index contributed by atoms with van der Waals surface area (Å²) in [6, 6.07) is 0.704. The molecule has 2 aliphatic rings. The summed E-state index contributed by atoms with van der Waals surface area (Å²) in [6.07, 6.45) is 5.08. The zero-order chi connectivity index (χ0) is 14.8. The molecule has 1 saturated heterocycles. The molecule has 118 valence electrons. The molecule has 1 aliphatic heterocycles. The highest BCUT2D eigenvalue weighted by Gasteiger charge is 2.33. The standard InChI is InChI=1S/C16H27BrN4/c1-3-13-16(17)15(21(4-2)19-13)11-20-9-5-8-18-14(10-20)12-6-7-12/h12,14,18H,3-11H2,1-2H3. The second kappa shape index (κ2) is 6.80. The van der Waals surface area contributed by atoms with Gasteiger partial charge in [0.2, 0.25) is 0 Å². The van der Waals surface area contributed by atoms with Crippen molar-refractivity contribution in [1.29, 1.82) is 0 Å². The molecule has 1 N–H and O–H groups in total. The summed E-state index contributed by atoms with van der Waals surface area (Å²) in [4.78, 5) is 2.62. The van der Waals surface area contributed by atoms with Crippen molar-refractivity contribution in [3.05, 3.63) is 15.9 Å². The largest absolute Gasteiger partial charge is 0.312 e. The summed E-state index contributed by atoms with van der Waals surface area (Å²) >= 11 is 3.78. The van der Waals surface area contributed by atoms with Crippen LogP contribution in [0.25, 0.3) is 0 Å². The molecule has 2 fully saturated rings. The van der Waals surface area contributed by atoms with Crippen molar-refractivity contribution in [3.63, 3.8) is 0 Å². The van der Waals surface area contributed by atoms with Crippen LogP contribution in [0.3, 0.4) is 0 Å². The van der Waals surface area contributed by atoms with E-state index in [0.717, 1.165) is 25.4 Å². The van der Waals surface area contributed by atoms with Crippen LogP contribution in [0.1, 0.15) is 44.5 Å². The summed E-state index contributed by atoms with van der Waals surface area (Å²) in [5, 5.41) is 8.47. The molecular formula is C16H27BrN4. The number of rotatable bonds is 5. The van der Waals surface area contributed by atoms with Crippen LogP contribution in [0.2, 0.25) is 0 Å². The monoisotopic (exact) mass is 354 g/mol. The maximum atomic E-state index is 4.73. The van der Waals surface area contributed by atoms with E-state index in [4.69, 9.17) is 5.10 Å². The van der Waals surface area contributed by atoms with E-state index < -0.39 is 0 Å². The van der Waals surface area contributed by atoms with Gasteiger partial charge in [-0.25, -0.2) is 0 Å². The molecule has 1 aromatic rings. The number of hydrogen-bond acceptors (Lipinski definition) is 3. The lowest BCUT2D eigenvalue weighted by molar-refractivity contribution is 0.243. The zero-order valence-corrected chi connectivity index (χ0v) is 14.8. The smallest absolute Gasteiger partial charge is 0.0767 e. The van der Waals surface area contributed by atoms with E-state index in [0.29, 0.717) is 6.04 Å². The van der Waals surface area contributed by atoms with Crippen LogP contribution in [0.15, 0.2) is 4.47 Å². The number of aromatic nitrogens is 2. The molecule has 1 unspecified atom stereocenters. The molecule has 0 bridgehead atoms. The Kier molecular flexibility index (Phi) is 5.02. The van der Waals surface area contributed by atoms with Crippen LogP contribution in [0.4, 0.5) is 0 Å². The number of nitrogens with one attached hydrogen (secondary N) is 1. The van der Waals surface area contributed by atoms with Gasteiger partial charge in [0.1, 0.15) is 0 Å². The number of nitrogens with zero attached hydrogens (tertiary/aromatic N) is 3. The third-order valence-electron chi connectivity index (χ3n) is 4.77. The second-order valence-electron chi connectivity index (χ2n) is 6.36. The van der Waals surface area contributed by atoms with Gasteiger partial charge in [-0.05, 0) is 67.5 Å². The maximum absolute atomic E-state index is 4.73. The summed E-state index contributed by atoms with van der Waals surface area (Å²) in [5.74, 6) is 0.927. The van der Waals surface area contributed by atoms with Gasteiger partial charge >= 0.3 is 0 Å². The lowest BCUT2D eigenvalue weighted by Gasteiger charge is -2.24. The van der Waals surface area contributed by atoms with E-state index >= 15 is 0 Å². The molecule has 0 spiro atoms. The first-order valence-corrected chi connectivity index (χ1v) is 9.22. The van der Waals surface area contributed by atoms with Crippen molar-refractivity contribution < 1.29 is 0 Å². The molecule has 0 aromatic carbocycles. The Morgan fingerprint density at radius 1 is 1.33 bits per heavy atom. The maximum Gasteiger partial charge on any atom is 0.0767 e. The van der Waals surface area contributed by atoms with E-state index in [1.54, 1.807) is 0 Å². The summed E-state index contributed by atoms with van der Waals surface area (Å²) in [7, 11) is 0. The Labute approximate surface area is 136 Å². The minimum atomic E-state index is 0.704. The molecule has 1 aliphatic carbocycles. The average molecular weight is 355 g/mol. The highest BCUT2D eigenvalue weighted by atomic mass is 79.9. The van der Waals surface area contributed by atoms with Gasteiger partial charge in [-0.3, -0.25) is 9.58 Å². The van der Waals surface area contributed by atoms with Gasteiger partial charge in [0.15, 0.2) is 0 Å². The summed E-state index contributed by atoms with van der Waals surface area (Å²) in [6.45, 7) is 9.88. The van der Waals surface area contributed by atoms with Crippen molar-refractivity contribution in [2.24, 2.45) is 5.92 Å². The van der Waals surface area contributed by atoms with Crippen molar-refractivity contribution in [2.75, 3.05) is 19.6 Å². The van der Waals surface area contributed by atoms with E-state index in [1.165, 1.54) is 54.8 Å². The van der Waals surface area contributed by atoms with Crippen molar-refractivity contribution in [1.82, 2.24) is 20.0 Å². The highest BCUT2D eigenvalue weighted by molar-refractivity contribution is 9.10. The van der Waals surface area contributed by atoms with E-state index in [2.05, 4.69) is 44.7 Å². The normalized spacial score (nSPS) is 24.2. The average Bonchev–Trinajstić information content (AvgIpc) is 3.29. The second-order valence-corrected chi connectivity index (χ2v) is 7.16. The van der Waals surface area contributed by atoms with Crippen molar-refractivity contribution in [2.45, 2.75) is 58.7 Å². The van der Waals surface area contributed by atoms with Crippen molar-refractivity contribution in [3.8, 4) is 0 Å². The first kappa shape index (κ1) is 15.5.